The molecule has 3 aliphatic rings. The second-order valence-electron chi connectivity index (χ2n) is 8.95. The van der Waals surface area contributed by atoms with Crippen molar-refractivity contribution in [2.24, 2.45) is 11.3 Å². The molecule has 6 heteroatoms. The van der Waals surface area contributed by atoms with E-state index in [-0.39, 0.29) is 23.1 Å². The molecule has 0 spiro atoms. The monoisotopic (exact) mass is 309 g/mol. The highest BCUT2D eigenvalue weighted by atomic mass is 16.7. The average molecular weight is 309 g/mol. The molecule has 2 heterocycles. The van der Waals surface area contributed by atoms with Crippen molar-refractivity contribution < 1.29 is 18.8 Å². The molecule has 0 aromatic carbocycles. The minimum absolute atomic E-state index is 0.116. The Balaban J connectivity index is 1.80. The molecule has 1 aliphatic carbocycles. The lowest BCUT2D eigenvalue weighted by atomic mass is 9.69. The van der Waals surface area contributed by atoms with E-state index in [4.69, 9.17) is 14.0 Å². The summed E-state index contributed by atoms with van der Waals surface area (Å²) in [6, 6.07) is 0. The predicted octanol–water partition coefficient (Wildman–Crippen LogP) is 1.94. The first-order chi connectivity index (χ1) is 9.89. The summed E-state index contributed by atoms with van der Waals surface area (Å²) in [7, 11) is -0.412. The highest BCUT2D eigenvalue weighted by Crippen LogP contribution is 2.61. The molecule has 5 nitrogen and oxygen atoms in total. The van der Waals surface area contributed by atoms with E-state index in [9.17, 15) is 4.79 Å². The third kappa shape index (κ3) is 2.31. The van der Waals surface area contributed by atoms with Crippen molar-refractivity contribution in [3.63, 3.8) is 0 Å². The quantitative estimate of drug-likeness (QED) is 0.624. The van der Waals surface area contributed by atoms with Crippen molar-refractivity contribution in [2.75, 3.05) is 6.54 Å². The molecule has 2 saturated heterocycles. The van der Waals surface area contributed by atoms with Crippen molar-refractivity contribution in [1.82, 2.24) is 5.32 Å². The number of nitrogens with one attached hydrogen (secondary N) is 1. The number of hydrogen-bond donors (Lipinski definition) is 1. The highest BCUT2D eigenvalue weighted by molar-refractivity contribution is 6.48. The van der Waals surface area contributed by atoms with Gasteiger partial charge in [0.1, 0.15) is 5.60 Å². The van der Waals surface area contributed by atoms with Crippen molar-refractivity contribution in [1.29, 1.82) is 0 Å². The van der Waals surface area contributed by atoms with Crippen LogP contribution in [0.1, 0.15) is 54.9 Å². The SMILES string of the molecule is CC(C)(C)OC(=O)C12CC1CNC2B1OC(C)(C)C(C)(C)O1. The van der Waals surface area contributed by atoms with Crippen LogP contribution in [-0.2, 0) is 18.8 Å². The third-order valence-electron chi connectivity index (χ3n) is 5.61. The largest absolute Gasteiger partial charge is 0.477 e. The number of ether oxygens (including phenoxy) is 1. The second-order valence-corrected chi connectivity index (χ2v) is 8.95. The van der Waals surface area contributed by atoms with Gasteiger partial charge in [-0.25, -0.2) is 0 Å². The minimum atomic E-state index is -0.478. The summed E-state index contributed by atoms with van der Waals surface area (Å²) in [5.41, 5.74) is -1.72. The summed E-state index contributed by atoms with van der Waals surface area (Å²) >= 11 is 0. The Morgan fingerprint density at radius 3 is 2.18 bits per heavy atom. The van der Waals surface area contributed by atoms with Crippen LogP contribution in [0.5, 0.6) is 0 Å². The fraction of sp³-hybridized carbons (Fsp3) is 0.938. The smallest absolute Gasteiger partial charge is 0.460 e. The minimum Gasteiger partial charge on any atom is -0.460 e. The van der Waals surface area contributed by atoms with E-state index in [0.29, 0.717) is 5.92 Å². The molecule has 22 heavy (non-hydrogen) atoms. The topological polar surface area (TPSA) is 56.8 Å². The highest BCUT2D eigenvalue weighted by Gasteiger charge is 2.74. The van der Waals surface area contributed by atoms with Gasteiger partial charge < -0.3 is 19.4 Å². The Morgan fingerprint density at radius 2 is 1.73 bits per heavy atom. The van der Waals surface area contributed by atoms with E-state index in [1.165, 1.54) is 0 Å². The molecule has 3 atom stereocenters. The number of rotatable bonds is 2. The van der Waals surface area contributed by atoms with E-state index in [1.807, 2.05) is 48.5 Å². The van der Waals surface area contributed by atoms with E-state index in [0.717, 1.165) is 13.0 Å². The molecule has 2 aliphatic heterocycles. The number of carbonyl (C=O) groups excluding carboxylic acids is 1. The number of hydrogen-bond acceptors (Lipinski definition) is 5. The Bertz CT molecular complexity index is 483. The number of carbonyl (C=O) groups is 1. The number of esters is 1. The lowest BCUT2D eigenvalue weighted by molar-refractivity contribution is -0.162. The van der Waals surface area contributed by atoms with Gasteiger partial charge in [0.05, 0.1) is 22.6 Å². The Kier molecular flexibility index (Phi) is 3.32. The van der Waals surface area contributed by atoms with E-state index >= 15 is 0 Å². The fourth-order valence-corrected chi connectivity index (χ4v) is 3.55. The average Bonchev–Trinajstić information content (AvgIpc) is 2.84. The molecule has 1 N–H and O–H groups in total. The standard InChI is InChI=1S/C16H28BNO4/c1-13(2,3)20-12(19)16-8-10(16)9-18-11(16)17-21-14(4,5)15(6,7)22-17/h10-11,18H,8-9H2,1-7H3. The molecule has 0 amide bonds. The van der Waals surface area contributed by atoms with E-state index in [1.54, 1.807) is 0 Å². The van der Waals surface area contributed by atoms with Gasteiger partial charge in [0.2, 0.25) is 0 Å². The van der Waals surface area contributed by atoms with Crippen LogP contribution >= 0.6 is 0 Å². The molecule has 3 rings (SSSR count). The van der Waals surface area contributed by atoms with Gasteiger partial charge in [-0.3, -0.25) is 4.79 Å². The van der Waals surface area contributed by atoms with E-state index < -0.39 is 18.1 Å². The summed E-state index contributed by atoms with van der Waals surface area (Å²) in [5, 5.41) is 3.43. The van der Waals surface area contributed by atoms with Gasteiger partial charge in [-0.05, 0) is 67.3 Å². The van der Waals surface area contributed by atoms with Crippen LogP contribution in [0.3, 0.4) is 0 Å². The van der Waals surface area contributed by atoms with Crippen LogP contribution in [0.15, 0.2) is 0 Å². The first-order valence-electron chi connectivity index (χ1n) is 8.21. The van der Waals surface area contributed by atoms with Gasteiger partial charge in [-0.1, -0.05) is 0 Å². The molecule has 0 radical (unpaired) electrons. The molecule has 1 saturated carbocycles. The van der Waals surface area contributed by atoms with Crippen LogP contribution in [0.2, 0.25) is 0 Å². The molecule has 3 fully saturated rings. The second kappa shape index (κ2) is 4.49. The van der Waals surface area contributed by atoms with Crippen molar-refractivity contribution in [3.8, 4) is 0 Å². The van der Waals surface area contributed by atoms with Crippen LogP contribution in [0.25, 0.3) is 0 Å². The summed E-state index contributed by atoms with van der Waals surface area (Å²) in [6.45, 7) is 14.7. The summed E-state index contributed by atoms with van der Waals surface area (Å²) in [4.78, 5) is 12.7. The fourth-order valence-electron chi connectivity index (χ4n) is 3.55. The summed E-state index contributed by atoms with van der Waals surface area (Å²) in [5.74, 6) is 0.0921. The maximum atomic E-state index is 12.7. The molecular weight excluding hydrogens is 281 g/mol. The summed E-state index contributed by atoms with van der Waals surface area (Å²) < 4.78 is 18.0. The lowest BCUT2D eigenvalue weighted by Gasteiger charge is -2.32. The third-order valence-corrected chi connectivity index (χ3v) is 5.61. The van der Waals surface area contributed by atoms with Gasteiger partial charge in [0.25, 0.3) is 0 Å². The maximum Gasteiger partial charge on any atom is 0.477 e. The van der Waals surface area contributed by atoms with Crippen LogP contribution in [-0.4, -0.2) is 42.4 Å². The van der Waals surface area contributed by atoms with Gasteiger partial charge in [0, 0.05) is 0 Å². The number of fused-ring (bicyclic) bond motifs is 1. The van der Waals surface area contributed by atoms with Gasteiger partial charge in [0.15, 0.2) is 0 Å². The maximum absolute atomic E-state index is 12.7. The zero-order valence-electron chi connectivity index (χ0n) is 14.8. The predicted molar refractivity (Wildman–Crippen MR) is 84.3 cm³/mol. The Hall–Kier alpha value is -0.585. The molecule has 124 valence electrons. The Morgan fingerprint density at radius 1 is 1.18 bits per heavy atom. The summed E-state index contributed by atoms with van der Waals surface area (Å²) in [6.07, 6.45) is 0.865. The first kappa shape index (κ1) is 16.3. The van der Waals surface area contributed by atoms with Crippen LogP contribution in [0.4, 0.5) is 0 Å². The number of piperidine rings is 1. The molecule has 0 aromatic rings. The van der Waals surface area contributed by atoms with Gasteiger partial charge >= 0.3 is 13.1 Å². The Labute approximate surface area is 133 Å². The van der Waals surface area contributed by atoms with Crippen molar-refractivity contribution in [2.45, 2.75) is 77.6 Å². The molecule has 3 unspecified atom stereocenters. The van der Waals surface area contributed by atoms with E-state index in [2.05, 4.69) is 5.32 Å². The van der Waals surface area contributed by atoms with Crippen molar-refractivity contribution in [3.05, 3.63) is 0 Å². The van der Waals surface area contributed by atoms with Crippen LogP contribution in [0, 0.1) is 11.3 Å². The zero-order valence-corrected chi connectivity index (χ0v) is 14.8. The van der Waals surface area contributed by atoms with Gasteiger partial charge in [-0.2, -0.15) is 0 Å². The molecule has 0 bridgehead atoms. The molecule has 0 aromatic heterocycles. The first-order valence-corrected chi connectivity index (χ1v) is 8.21. The van der Waals surface area contributed by atoms with Crippen molar-refractivity contribution >= 4 is 13.1 Å². The van der Waals surface area contributed by atoms with Crippen LogP contribution < -0.4 is 5.32 Å². The zero-order chi connectivity index (χ0) is 16.6. The normalized spacial score (nSPS) is 38.8. The lowest BCUT2D eigenvalue weighted by Crippen LogP contribution is -2.51. The van der Waals surface area contributed by atoms with Gasteiger partial charge in [-0.15, -0.1) is 0 Å². The molecular formula is C16H28BNO4.